The average Bonchev–Trinajstić information content (AvgIpc) is 2.46. The highest BCUT2D eigenvalue weighted by Crippen LogP contribution is 2.29. The summed E-state index contributed by atoms with van der Waals surface area (Å²) in [4.78, 5) is 21.9. The minimum absolute atomic E-state index is 0.0252. The van der Waals surface area contributed by atoms with Gasteiger partial charge in [-0.05, 0) is 5.56 Å². The lowest BCUT2D eigenvalue weighted by Gasteiger charge is -2.09. The molecule has 0 bridgehead atoms. The summed E-state index contributed by atoms with van der Waals surface area (Å²) >= 11 is 3.30. The third-order valence-electron chi connectivity index (χ3n) is 2.66. The van der Waals surface area contributed by atoms with Gasteiger partial charge in [0.1, 0.15) is 4.83 Å². The molecule has 4 nitrogen and oxygen atoms in total. The maximum absolute atomic E-state index is 12.2. The van der Waals surface area contributed by atoms with Crippen molar-refractivity contribution in [1.29, 1.82) is 0 Å². The number of ketones is 1. The van der Waals surface area contributed by atoms with Gasteiger partial charge in [0.25, 0.3) is 5.69 Å². The van der Waals surface area contributed by atoms with Crippen LogP contribution < -0.4 is 0 Å². The number of hydrogen-bond acceptors (Lipinski definition) is 3. The number of nitrogens with zero attached hydrogens (tertiary/aromatic N) is 1. The summed E-state index contributed by atoms with van der Waals surface area (Å²) in [5, 5.41) is 10.7. The molecule has 0 heterocycles. The molecule has 0 fully saturated rings. The summed E-state index contributed by atoms with van der Waals surface area (Å²) in [6.07, 6.45) is 0. The third-order valence-corrected chi connectivity index (χ3v) is 3.61. The maximum atomic E-state index is 12.2. The molecule has 0 aromatic heterocycles. The van der Waals surface area contributed by atoms with Crippen LogP contribution in [-0.4, -0.2) is 10.7 Å². The first-order valence-corrected chi connectivity index (χ1v) is 6.49. The zero-order valence-electron chi connectivity index (χ0n) is 9.82. The van der Waals surface area contributed by atoms with E-state index in [4.69, 9.17) is 0 Å². The zero-order valence-corrected chi connectivity index (χ0v) is 11.4. The van der Waals surface area contributed by atoms with E-state index < -0.39 is 9.75 Å². The molecule has 0 saturated heterocycles. The lowest BCUT2D eigenvalue weighted by atomic mass is 10.0. The fourth-order valence-electron chi connectivity index (χ4n) is 1.70. The van der Waals surface area contributed by atoms with Crippen LogP contribution >= 0.6 is 15.9 Å². The van der Waals surface area contributed by atoms with Gasteiger partial charge in [-0.15, -0.1) is 0 Å². The van der Waals surface area contributed by atoms with Crippen molar-refractivity contribution < 1.29 is 9.72 Å². The molecule has 1 atom stereocenters. The van der Waals surface area contributed by atoms with Gasteiger partial charge in [0.05, 0.1) is 4.92 Å². The van der Waals surface area contributed by atoms with E-state index in [0.717, 1.165) is 0 Å². The Morgan fingerprint density at radius 1 is 1.11 bits per heavy atom. The molecule has 0 radical (unpaired) electrons. The van der Waals surface area contributed by atoms with E-state index in [1.165, 1.54) is 12.1 Å². The molecule has 5 heteroatoms. The van der Waals surface area contributed by atoms with E-state index in [9.17, 15) is 14.9 Å². The monoisotopic (exact) mass is 319 g/mol. The van der Waals surface area contributed by atoms with E-state index in [-0.39, 0.29) is 11.5 Å². The molecule has 1 unspecified atom stereocenters. The molecule has 0 N–H and O–H groups in total. The van der Waals surface area contributed by atoms with Crippen LogP contribution in [-0.2, 0) is 0 Å². The van der Waals surface area contributed by atoms with E-state index in [1.807, 2.05) is 6.07 Å². The van der Waals surface area contributed by atoms with Crippen LogP contribution in [0.1, 0.15) is 20.7 Å². The summed E-state index contributed by atoms with van der Waals surface area (Å²) in [7, 11) is 0. The van der Waals surface area contributed by atoms with Crippen molar-refractivity contribution in [2.24, 2.45) is 0 Å². The van der Waals surface area contributed by atoms with Gasteiger partial charge in [-0.3, -0.25) is 14.9 Å². The Kier molecular flexibility index (Phi) is 4.06. The van der Waals surface area contributed by atoms with Crippen LogP contribution in [0, 0.1) is 10.1 Å². The molecule has 19 heavy (non-hydrogen) atoms. The Balaban J connectivity index is 2.29. The predicted molar refractivity (Wildman–Crippen MR) is 75.5 cm³/mol. The minimum atomic E-state index is -0.588. The second kappa shape index (κ2) is 5.75. The van der Waals surface area contributed by atoms with Crippen molar-refractivity contribution in [3.63, 3.8) is 0 Å². The van der Waals surface area contributed by atoms with Gasteiger partial charge in [-0.1, -0.05) is 58.4 Å². The summed E-state index contributed by atoms with van der Waals surface area (Å²) in [6, 6.07) is 14.9. The highest BCUT2D eigenvalue weighted by atomic mass is 79.9. The summed E-state index contributed by atoms with van der Waals surface area (Å²) in [5.74, 6) is -0.124. The third kappa shape index (κ3) is 3.06. The Hall–Kier alpha value is -2.01. The Morgan fingerprint density at radius 3 is 2.42 bits per heavy atom. The number of carbonyl (C=O) groups excluding carboxylic acids is 1. The minimum Gasteiger partial charge on any atom is -0.293 e. The number of rotatable bonds is 4. The molecule has 2 aromatic carbocycles. The van der Waals surface area contributed by atoms with Crippen molar-refractivity contribution >= 4 is 27.4 Å². The van der Waals surface area contributed by atoms with E-state index in [1.54, 1.807) is 36.4 Å². The van der Waals surface area contributed by atoms with Crippen LogP contribution in [0.25, 0.3) is 0 Å². The number of nitro groups is 1. The van der Waals surface area contributed by atoms with Crippen molar-refractivity contribution in [3.05, 3.63) is 75.8 Å². The number of nitro benzene ring substituents is 1. The largest absolute Gasteiger partial charge is 0.293 e. The van der Waals surface area contributed by atoms with Crippen LogP contribution in [0.2, 0.25) is 0 Å². The number of Topliss-reactive ketones (excluding diaryl/α,β-unsaturated/α-hetero) is 1. The molecule has 96 valence electrons. The summed E-state index contributed by atoms with van der Waals surface area (Å²) in [6.45, 7) is 0. The van der Waals surface area contributed by atoms with Crippen molar-refractivity contribution in [1.82, 2.24) is 0 Å². The molecule has 0 amide bonds. The first kappa shape index (κ1) is 13.4. The quantitative estimate of drug-likeness (QED) is 0.371. The van der Waals surface area contributed by atoms with Crippen molar-refractivity contribution in [2.45, 2.75) is 4.83 Å². The van der Waals surface area contributed by atoms with Gasteiger partial charge in [0.2, 0.25) is 0 Å². The van der Waals surface area contributed by atoms with Crippen molar-refractivity contribution in [2.75, 3.05) is 0 Å². The number of benzene rings is 2. The van der Waals surface area contributed by atoms with E-state index in [0.29, 0.717) is 11.1 Å². The summed E-state index contributed by atoms with van der Waals surface area (Å²) < 4.78 is 0. The fourth-order valence-corrected chi connectivity index (χ4v) is 2.25. The molecule has 0 saturated carbocycles. The van der Waals surface area contributed by atoms with Crippen LogP contribution in [0.4, 0.5) is 5.69 Å². The van der Waals surface area contributed by atoms with Gasteiger partial charge in [-0.25, -0.2) is 0 Å². The second-order valence-corrected chi connectivity index (χ2v) is 4.86. The summed E-state index contributed by atoms with van der Waals surface area (Å²) in [5.41, 5.74) is 1.11. The number of halogens is 1. The van der Waals surface area contributed by atoms with Gasteiger partial charge in [0, 0.05) is 17.7 Å². The smallest absolute Gasteiger partial charge is 0.269 e. The van der Waals surface area contributed by atoms with Gasteiger partial charge in [-0.2, -0.15) is 0 Å². The average molecular weight is 320 g/mol. The van der Waals surface area contributed by atoms with Crippen molar-refractivity contribution in [3.8, 4) is 0 Å². The highest BCUT2D eigenvalue weighted by molar-refractivity contribution is 9.09. The number of carbonyl (C=O) groups is 1. The first-order chi connectivity index (χ1) is 9.09. The second-order valence-electron chi connectivity index (χ2n) is 3.94. The number of hydrogen-bond donors (Lipinski definition) is 0. The van der Waals surface area contributed by atoms with Gasteiger partial charge >= 0.3 is 0 Å². The molecule has 0 aliphatic heterocycles. The van der Waals surface area contributed by atoms with E-state index >= 15 is 0 Å². The predicted octanol–water partition coefficient (Wildman–Crippen LogP) is 3.91. The van der Waals surface area contributed by atoms with Crippen LogP contribution in [0.3, 0.4) is 0 Å². The van der Waals surface area contributed by atoms with Gasteiger partial charge < -0.3 is 0 Å². The SMILES string of the molecule is O=C(c1ccccc1)C(Br)c1cccc([N+](=O)[O-])c1. The van der Waals surface area contributed by atoms with E-state index in [2.05, 4.69) is 15.9 Å². The number of non-ortho nitro benzene ring substituents is 1. The standard InChI is InChI=1S/C14H10BrNO3/c15-13(14(17)10-5-2-1-3-6-10)11-7-4-8-12(9-11)16(18)19/h1-9,13H. The molecule has 0 aliphatic rings. The lowest BCUT2D eigenvalue weighted by Crippen LogP contribution is -2.07. The Labute approximate surface area is 118 Å². The normalized spacial score (nSPS) is 11.8. The Bertz CT molecular complexity index is 613. The number of alkyl halides is 1. The van der Waals surface area contributed by atoms with Crippen LogP contribution in [0.5, 0.6) is 0 Å². The Morgan fingerprint density at radius 2 is 1.79 bits per heavy atom. The molecular formula is C14H10BrNO3. The molecular weight excluding hydrogens is 310 g/mol. The maximum Gasteiger partial charge on any atom is 0.269 e. The van der Waals surface area contributed by atoms with Crippen LogP contribution in [0.15, 0.2) is 54.6 Å². The zero-order chi connectivity index (χ0) is 13.8. The molecule has 2 rings (SSSR count). The topological polar surface area (TPSA) is 60.2 Å². The highest BCUT2D eigenvalue weighted by Gasteiger charge is 2.20. The molecule has 2 aromatic rings. The molecule has 0 spiro atoms. The lowest BCUT2D eigenvalue weighted by molar-refractivity contribution is -0.384. The molecule has 0 aliphatic carbocycles. The van der Waals surface area contributed by atoms with Gasteiger partial charge in [0.15, 0.2) is 5.78 Å². The first-order valence-electron chi connectivity index (χ1n) is 5.57. The fraction of sp³-hybridized carbons (Fsp3) is 0.0714.